The first-order chi connectivity index (χ1) is 8.58. The van der Waals surface area contributed by atoms with Crippen LogP contribution in [-0.2, 0) is 4.79 Å². The first-order valence-electron chi connectivity index (χ1n) is 5.57. The van der Waals surface area contributed by atoms with Crippen LogP contribution >= 0.6 is 11.6 Å². The Hall–Kier alpha value is -1.69. The predicted octanol–water partition coefficient (Wildman–Crippen LogP) is 1.07. The van der Waals surface area contributed by atoms with Gasteiger partial charge in [-0.1, -0.05) is 11.6 Å². The number of likely N-dealkylation sites (tertiary alicyclic amines) is 1. The molecule has 1 saturated heterocycles. The summed E-state index contributed by atoms with van der Waals surface area (Å²) in [5.74, 6) is -1.42. The number of nitrogens with zero attached hydrogens (tertiary/aromatic N) is 3. The second kappa shape index (κ2) is 5.30. The van der Waals surface area contributed by atoms with Crippen LogP contribution in [-0.4, -0.2) is 44.9 Å². The number of aromatic nitrogens is 2. The maximum atomic E-state index is 12.0. The Morgan fingerprint density at radius 3 is 2.56 bits per heavy atom. The molecule has 1 amide bonds. The fraction of sp³-hybridized carbons (Fsp3) is 0.455. The van der Waals surface area contributed by atoms with E-state index >= 15 is 0 Å². The lowest BCUT2D eigenvalue weighted by Crippen LogP contribution is -2.40. The lowest BCUT2D eigenvalue weighted by molar-refractivity contribution is -0.143. The Morgan fingerprint density at radius 2 is 2.00 bits per heavy atom. The molecule has 2 rings (SSSR count). The van der Waals surface area contributed by atoms with Crippen molar-refractivity contribution in [2.75, 3.05) is 13.1 Å². The van der Waals surface area contributed by atoms with Crippen LogP contribution < -0.4 is 0 Å². The van der Waals surface area contributed by atoms with Crippen molar-refractivity contribution >= 4 is 23.5 Å². The van der Waals surface area contributed by atoms with Gasteiger partial charge < -0.3 is 10.0 Å². The van der Waals surface area contributed by atoms with E-state index in [-0.39, 0.29) is 22.7 Å². The molecule has 1 aromatic heterocycles. The minimum atomic E-state index is -0.801. The predicted molar refractivity (Wildman–Crippen MR) is 63.3 cm³/mol. The number of carbonyl (C=O) groups excluding carboxylic acids is 1. The van der Waals surface area contributed by atoms with Crippen molar-refractivity contribution in [3.05, 3.63) is 23.2 Å². The van der Waals surface area contributed by atoms with Crippen LogP contribution in [0.4, 0.5) is 0 Å². The van der Waals surface area contributed by atoms with Gasteiger partial charge in [-0.15, -0.1) is 0 Å². The Labute approximate surface area is 109 Å². The molecule has 1 aromatic rings. The Bertz CT molecular complexity index is 472. The van der Waals surface area contributed by atoms with E-state index in [2.05, 4.69) is 9.97 Å². The number of amides is 1. The minimum absolute atomic E-state index is 0.168. The fourth-order valence-corrected chi connectivity index (χ4v) is 2.08. The Kier molecular flexibility index (Phi) is 3.76. The quantitative estimate of drug-likeness (QED) is 0.868. The van der Waals surface area contributed by atoms with E-state index in [1.807, 2.05) is 0 Å². The van der Waals surface area contributed by atoms with Gasteiger partial charge in [0.05, 0.1) is 18.3 Å². The molecule has 0 radical (unpaired) electrons. The molecule has 0 spiro atoms. The van der Waals surface area contributed by atoms with Gasteiger partial charge in [0.2, 0.25) is 0 Å². The van der Waals surface area contributed by atoms with E-state index in [0.29, 0.717) is 25.9 Å². The molecule has 18 heavy (non-hydrogen) atoms. The van der Waals surface area contributed by atoms with Gasteiger partial charge in [0, 0.05) is 13.1 Å². The van der Waals surface area contributed by atoms with Gasteiger partial charge in [-0.2, -0.15) is 0 Å². The summed E-state index contributed by atoms with van der Waals surface area (Å²) < 4.78 is 0. The summed E-state index contributed by atoms with van der Waals surface area (Å²) in [5.41, 5.74) is 0.191. The van der Waals surface area contributed by atoms with Crippen molar-refractivity contribution in [2.24, 2.45) is 5.92 Å². The van der Waals surface area contributed by atoms with Crippen LogP contribution in [0.1, 0.15) is 23.3 Å². The molecule has 1 N–H and O–H groups in total. The van der Waals surface area contributed by atoms with Crippen LogP contribution in [0.5, 0.6) is 0 Å². The number of hydrogen-bond acceptors (Lipinski definition) is 4. The third-order valence-electron chi connectivity index (χ3n) is 2.96. The summed E-state index contributed by atoms with van der Waals surface area (Å²) in [4.78, 5) is 32.1. The maximum Gasteiger partial charge on any atom is 0.306 e. The molecule has 6 nitrogen and oxygen atoms in total. The number of rotatable bonds is 2. The number of carbonyl (C=O) groups is 2. The number of aliphatic carboxylic acids is 1. The molecule has 0 atom stereocenters. The molecule has 96 valence electrons. The van der Waals surface area contributed by atoms with E-state index in [4.69, 9.17) is 16.7 Å². The smallest absolute Gasteiger partial charge is 0.306 e. The zero-order chi connectivity index (χ0) is 13.1. The highest BCUT2D eigenvalue weighted by molar-refractivity contribution is 6.29. The monoisotopic (exact) mass is 269 g/mol. The number of halogens is 1. The molecule has 2 heterocycles. The molecular weight excluding hydrogens is 258 g/mol. The molecule has 0 bridgehead atoms. The summed E-state index contributed by atoms with van der Waals surface area (Å²) >= 11 is 5.67. The van der Waals surface area contributed by atoms with Crippen LogP contribution in [0.3, 0.4) is 0 Å². The van der Waals surface area contributed by atoms with E-state index in [9.17, 15) is 9.59 Å². The van der Waals surface area contributed by atoms with Crippen LogP contribution in [0, 0.1) is 5.92 Å². The standard InChI is InChI=1S/C11H12ClN3O3/c12-9-6-13-5-8(14-9)10(16)15-3-1-7(2-4-15)11(17)18/h5-7H,1-4H2,(H,17,18). The molecule has 7 heteroatoms. The zero-order valence-electron chi connectivity index (χ0n) is 9.54. The second-order valence-electron chi connectivity index (χ2n) is 4.13. The third kappa shape index (κ3) is 2.76. The largest absolute Gasteiger partial charge is 0.481 e. The molecule has 1 aliphatic rings. The number of piperidine rings is 1. The number of carboxylic acid groups (broad SMARTS) is 1. The summed E-state index contributed by atoms with van der Waals surface area (Å²) in [5, 5.41) is 9.04. The summed E-state index contributed by atoms with van der Waals surface area (Å²) in [6.45, 7) is 0.841. The highest BCUT2D eigenvalue weighted by Gasteiger charge is 2.28. The Morgan fingerprint density at radius 1 is 1.33 bits per heavy atom. The second-order valence-corrected chi connectivity index (χ2v) is 4.52. The van der Waals surface area contributed by atoms with Crippen molar-refractivity contribution in [1.29, 1.82) is 0 Å². The lowest BCUT2D eigenvalue weighted by atomic mass is 9.97. The topological polar surface area (TPSA) is 83.4 Å². The van der Waals surface area contributed by atoms with Gasteiger partial charge >= 0.3 is 5.97 Å². The molecular formula is C11H12ClN3O3. The zero-order valence-corrected chi connectivity index (χ0v) is 10.3. The first kappa shape index (κ1) is 12.8. The Balaban J connectivity index is 2.02. The molecule has 0 aliphatic carbocycles. The summed E-state index contributed by atoms with van der Waals surface area (Å²) in [6.07, 6.45) is 3.65. The van der Waals surface area contributed by atoms with Crippen LogP contribution in [0.25, 0.3) is 0 Å². The van der Waals surface area contributed by atoms with Crippen molar-refractivity contribution in [1.82, 2.24) is 14.9 Å². The van der Waals surface area contributed by atoms with Crippen LogP contribution in [0.2, 0.25) is 5.15 Å². The van der Waals surface area contributed by atoms with Crippen molar-refractivity contribution in [3.8, 4) is 0 Å². The molecule has 1 aliphatic heterocycles. The van der Waals surface area contributed by atoms with Gasteiger partial charge in [-0.25, -0.2) is 4.98 Å². The highest BCUT2D eigenvalue weighted by atomic mass is 35.5. The highest BCUT2D eigenvalue weighted by Crippen LogP contribution is 2.18. The average molecular weight is 270 g/mol. The third-order valence-corrected chi connectivity index (χ3v) is 3.14. The van der Waals surface area contributed by atoms with E-state index in [0.717, 1.165) is 0 Å². The fourth-order valence-electron chi connectivity index (χ4n) is 1.94. The maximum absolute atomic E-state index is 12.0. The molecule has 1 fully saturated rings. The molecule has 0 unspecified atom stereocenters. The minimum Gasteiger partial charge on any atom is -0.481 e. The van der Waals surface area contributed by atoms with E-state index in [1.165, 1.54) is 12.4 Å². The van der Waals surface area contributed by atoms with E-state index in [1.54, 1.807) is 4.90 Å². The first-order valence-corrected chi connectivity index (χ1v) is 5.95. The van der Waals surface area contributed by atoms with Crippen molar-refractivity contribution in [3.63, 3.8) is 0 Å². The van der Waals surface area contributed by atoms with Gasteiger partial charge in [0.15, 0.2) is 0 Å². The van der Waals surface area contributed by atoms with Gasteiger partial charge in [0.1, 0.15) is 10.8 Å². The summed E-state index contributed by atoms with van der Waals surface area (Å²) in [6, 6.07) is 0. The summed E-state index contributed by atoms with van der Waals surface area (Å²) in [7, 11) is 0. The molecule has 0 saturated carbocycles. The normalized spacial score (nSPS) is 16.6. The van der Waals surface area contributed by atoms with Crippen molar-refractivity contribution < 1.29 is 14.7 Å². The molecule has 0 aromatic carbocycles. The average Bonchev–Trinajstić information content (AvgIpc) is 2.38. The van der Waals surface area contributed by atoms with Crippen molar-refractivity contribution in [2.45, 2.75) is 12.8 Å². The SMILES string of the molecule is O=C(O)C1CCN(C(=O)c2cncc(Cl)n2)CC1. The number of carboxylic acids is 1. The van der Waals surface area contributed by atoms with Crippen LogP contribution in [0.15, 0.2) is 12.4 Å². The number of hydrogen-bond donors (Lipinski definition) is 1. The van der Waals surface area contributed by atoms with Gasteiger partial charge in [0.25, 0.3) is 5.91 Å². The van der Waals surface area contributed by atoms with E-state index < -0.39 is 5.97 Å². The lowest BCUT2D eigenvalue weighted by Gasteiger charge is -2.29. The van der Waals surface area contributed by atoms with Gasteiger partial charge in [-0.3, -0.25) is 14.6 Å². The van der Waals surface area contributed by atoms with Gasteiger partial charge in [-0.05, 0) is 12.8 Å².